The molecular formula is C20H30N4O3. The second kappa shape index (κ2) is 12.4. The fourth-order valence-corrected chi connectivity index (χ4v) is 2.12. The zero-order valence-electron chi connectivity index (χ0n) is 16.5. The lowest BCUT2D eigenvalue weighted by atomic mass is 10.2. The van der Waals surface area contributed by atoms with Gasteiger partial charge < -0.3 is 25.4 Å². The molecule has 1 rings (SSSR count). The van der Waals surface area contributed by atoms with Crippen molar-refractivity contribution in [3.05, 3.63) is 41.5 Å². The molecule has 0 saturated carbocycles. The van der Waals surface area contributed by atoms with Crippen LogP contribution < -0.4 is 25.4 Å². The van der Waals surface area contributed by atoms with Gasteiger partial charge in [0.2, 0.25) is 5.91 Å². The van der Waals surface area contributed by atoms with Gasteiger partial charge in [0.05, 0.1) is 14.2 Å². The Labute approximate surface area is 161 Å². The van der Waals surface area contributed by atoms with Gasteiger partial charge in [0.1, 0.15) is 0 Å². The molecule has 1 aromatic rings. The first-order chi connectivity index (χ1) is 13.0. The minimum atomic E-state index is -0.165. The van der Waals surface area contributed by atoms with Gasteiger partial charge in [-0.05, 0) is 44.0 Å². The van der Waals surface area contributed by atoms with Gasteiger partial charge in [-0.3, -0.25) is 10.2 Å². The SMILES string of the molecule is COc1ccc(/C=C/C(=O)NCCCNC(=N)NCC=C(C)C)cc1OC. The van der Waals surface area contributed by atoms with Crippen molar-refractivity contribution in [2.45, 2.75) is 20.3 Å². The van der Waals surface area contributed by atoms with Gasteiger partial charge in [-0.2, -0.15) is 0 Å². The zero-order chi connectivity index (χ0) is 20.1. The molecular weight excluding hydrogens is 344 g/mol. The highest BCUT2D eigenvalue weighted by Gasteiger charge is 2.03. The van der Waals surface area contributed by atoms with E-state index >= 15 is 0 Å². The van der Waals surface area contributed by atoms with Crippen molar-refractivity contribution in [1.82, 2.24) is 16.0 Å². The van der Waals surface area contributed by atoms with Crippen LogP contribution in [0.5, 0.6) is 11.5 Å². The van der Waals surface area contributed by atoms with Crippen LogP contribution in [0.15, 0.2) is 35.9 Å². The predicted molar refractivity (Wildman–Crippen MR) is 109 cm³/mol. The van der Waals surface area contributed by atoms with Crippen LogP contribution in [-0.4, -0.2) is 45.7 Å². The van der Waals surface area contributed by atoms with Gasteiger partial charge in [0.15, 0.2) is 17.5 Å². The number of ether oxygens (including phenoxy) is 2. The molecule has 0 aromatic heterocycles. The van der Waals surface area contributed by atoms with Gasteiger partial charge >= 0.3 is 0 Å². The van der Waals surface area contributed by atoms with Crippen LogP contribution in [0.1, 0.15) is 25.8 Å². The quantitative estimate of drug-likeness (QED) is 0.166. The van der Waals surface area contributed by atoms with E-state index in [0.29, 0.717) is 31.1 Å². The van der Waals surface area contributed by atoms with Crippen LogP contribution in [0.4, 0.5) is 0 Å². The summed E-state index contributed by atoms with van der Waals surface area (Å²) in [5, 5.41) is 16.4. The molecule has 0 aliphatic heterocycles. The first-order valence-corrected chi connectivity index (χ1v) is 8.84. The van der Waals surface area contributed by atoms with Crippen LogP contribution in [-0.2, 0) is 4.79 Å². The minimum Gasteiger partial charge on any atom is -0.493 e. The van der Waals surface area contributed by atoms with E-state index in [2.05, 4.69) is 16.0 Å². The smallest absolute Gasteiger partial charge is 0.244 e. The van der Waals surface area contributed by atoms with Crippen molar-refractivity contribution in [3.63, 3.8) is 0 Å². The Kier molecular flexibility index (Phi) is 10.1. The Morgan fingerprint density at radius 3 is 2.44 bits per heavy atom. The van der Waals surface area contributed by atoms with Crippen molar-refractivity contribution >= 4 is 17.9 Å². The Balaban J connectivity index is 2.26. The summed E-state index contributed by atoms with van der Waals surface area (Å²) in [6, 6.07) is 5.45. The van der Waals surface area contributed by atoms with Crippen molar-refractivity contribution in [2.24, 2.45) is 0 Å². The van der Waals surface area contributed by atoms with Crippen LogP contribution >= 0.6 is 0 Å². The number of carbonyl (C=O) groups excluding carboxylic acids is 1. The lowest BCUT2D eigenvalue weighted by Gasteiger charge is -2.09. The summed E-state index contributed by atoms with van der Waals surface area (Å²) >= 11 is 0. The average molecular weight is 374 g/mol. The molecule has 4 N–H and O–H groups in total. The number of carbonyl (C=O) groups is 1. The lowest BCUT2D eigenvalue weighted by Crippen LogP contribution is -2.37. The van der Waals surface area contributed by atoms with Crippen LogP contribution in [0.2, 0.25) is 0 Å². The normalized spacial score (nSPS) is 10.2. The molecule has 0 radical (unpaired) electrons. The number of guanidine groups is 1. The number of rotatable bonds is 10. The molecule has 0 aliphatic rings. The van der Waals surface area contributed by atoms with Gasteiger partial charge in [0, 0.05) is 25.7 Å². The number of methoxy groups -OCH3 is 2. The fourth-order valence-electron chi connectivity index (χ4n) is 2.12. The Hall–Kier alpha value is -2.96. The number of amides is 1. The third-order valence-electron chi connectivity index (χ3n) is 3.58. The van der Waals surface area contributed by atoms with E-state index in [1.807, 2.05) is 26.0 Å². The lowest BCUT2D eigenvalue weighted by molar-refractivity contribution is -0.116. The molecule has 1 aromatic carbocycles. The number of benzene rings is 1. The molecule has 0 aliphatic carbocycles. The zero-order valence-corrected chi connectivity index (χ0v) is 16.5. The first kappa shape index (κ1) is 22.1. The maximum Gasteiger partial charge on any atom is 0.244 e. The molecule has 148 valence electrons. The molecule has 1 amide bonds. The highest BCUT2D eigenvalue weighted by Crippen LogP contribution is 2.27. The summed E-state index contributed by atoms with van der Waals surface area (Å²) in [7, 11) is 3.15. The van der Waals surface area contributed by atoms with Gasteiger partial charge in [0.25, 0.3) is 0 Å². The average Bonchev–Trinajstić information content (AvgIpc) is 2.65. The molecule has 0 fully saturated rings. The highest BCUT2D eigenvalue weighted by molar-refractivity contribution is 5.91. The van der Waals surface area contributed by atoms with Crippen LogP contribution in [0, 0.1) is 5.41 Å². The number of allylic oxidation sites excluding steroid dienone is 1. The van der Waals surface area contributed by atoms with E-state index in [9.17, 15) is 4.79 Å². The maximum absolute atomic E-state index is 11.9. The van der Waals surface area contributed by atoms with Crippen molar-refractivity contribution in [1.29, 1.82) is 5.41 Å². The Bertz CT molecular complexity index is 680. The molecule has 0 heterocycles. The predicted octanol–water partition coefficient (Wildman–Crippen LogP) is 2.30. The third-order valence-corrected chi connectivity index (χ3v) is 3.58. The largest absolute Gasteiger partial charge is 0.493 e. The third kappa shape index (κ3) is 9.34. The van der Waals surface area contributed by atoms with Gasteiger partial charge in [-0.25, -0.2) is 0 Å². The highest BCUT2D eigenvalue weighted by atomic mass is 16.5. The standard InChI is InChI=1S/C20H30N4O3/c1-15(2)10-13-24-20(21)23-12-5-11-22-19(25)9-7-16-6-8-17(26-3)18(14-16)27-4/h6-10,14H,5,11-13H2,1-4H3,(H,22,25)(H3,21,23,24)/b9-7+. The van der Waals surface area contributed by atoms with E-state index in [1.165, 1.54) is 11.6 Å². The topological polar surface area (TPSA) is 95.5 Å². The number of hydrogen-bond donors (Lipinski definition) is 4. The van der Waals surface area contributed by atoms with E-state index < -0.39 is 0 Å². The molecule has 0 unspecified atom stereocenters. The van der Waals surface area contributed by atoms with E-state index in [4.69, 9.17) is 14.9 Å². The number of hydrogen-bond acceptors (Lipinski definition) is 4. The van der Waals surface area contributed by atoms with Crippen molar-refractivity contribution < 1.29 is 14.3 Å². The summed E-state index contributed by atoms with van der Waals surface area (Å²) in [5.74, 6) is 1.38. The van der Waals surface area contributed by atoms with E-state index in [-0.39, 0.29) is 11.9 Å². The van der Waals surface area contributed by atoms with Crippen molar-refractivity contribution in [3.8, 4) is 11.5 Å². The van der Waals surface area contributed by atoms with E-state index in [0.717, 1.165) is 12.0 Å². The molecule has 0 saturated heterocycles. The molecule has 27 heavy (non-hydrogen) atoms. The summed E-state index contributed by atoms with van der Waals surface area (Å²) < 4.78 is 10.4. The summed E-state index contributed by atoms with van der Waals surface area (Å²) in [4.78, 5) is 11.9. The minimum absolute atomic E-state index is 0.165. The summed E-state index contributed by atoms with van der Waals surface area (Å²) in [6.45, 7) is 5.80. The summed E-state index contributed by atoms with van der Waals surface area (Å²) in [6.07, 6.45) is 5.94. The second-order valence-electron chi connectivity index (χ2n) is 6.06. The maximum atomic E-state index is 11.9. The monoisotopic (exact) mass is 374 g/mol. The second-order valence-corrected chi connectivity index (χ2v) is 6.06. The number of nitrogens with one attached hydrogen (secondary N) is 4. The Morgan fingerprint density at radius 1 is 1.07 bits per heavy atom. The molecule has 0 bridgehead atoms. The molecule has 7 nitrogen and oxygen atoms in total. The fraction of sp³-hybridized carbons (Fsp3) is 0.400. The van der Waals surface area contributed by atoms with E-state index in [1.54, 1.807) is 32.4 Å². The van der Waals surface area contributed by atoms with Crippen LogP contribution in [0.3, 0.4) is 0 Å². The Morgan fingerprint density at radius 2 is 1.78 bits per heavy atom. The molecule has 0 atom stereocenters. The first-order valence-electron chi connectivity index (χ1n) is 8.84. The van der Waals surface area contributed by atoms with Crippen molar-refractivity contribution in [2.75, 3.05) is 33.9 Å². The molecule has 7 heteroatoms. The van der Waals surface area contributed by atoms with Gasteiger partial charge in [-0.15, -0.1) is 0 Å². The molecule has 0 spiro atoms. The van der Waals surface area contributed by atoms with Crippen LogP contribution in [0.25, 0.3) is 6.08 Å². The van der Waals surface area contributed by atoms with Gasteiger partial charge in [-0.1, -0.05) is 17.7 Å². The summed E-state index contributed by atoms with van der Waals surface area (Å²) in [5.41, 5.74) is 2.06.